The summed E-state index contributed by atoms with van der Waals surface area (Å²) in [5.41, 5.74) is 1.79. The molecule has 2 rings (SSSR count). The van der Waals surface area contributed by atoms with Crippen molar-refractivity contribution in [1.82, 2.24) is 10.6 Å². The largest absolute Gasteiger partial charge is 0.352 e. The van der Waals surface area contributed by atoms with Crippen LogP contribution in [0.15, 0.2) is 24.3 Å². The first kappa shape index (κ1) is 9.98. The topological polar surface area (TPSA) is 44.4 Å². The Morgan fingerprint density at radius 3 is 3.07 bits per heavy atom. The smallest absolute Gasteiger partial charge is 0.254 e. The molecule has 1 heterocycles. The SMILES string of the molecule is CNCCN1CNC(=O)c2ccccc21. The van der Waals surface area contributed by atoms with Gasteiger partial charge in [0, 0.05) is 13.1 Å². The number of amides is 1. The van der Waals surface area contributed by atoms with Gasteiger partial charge in [0.1, 0.15) is 0 Å². The number of nitrogens with zero attached hydrogens (tertiary/aromatic N) is 1. The Morgan fingerprint density at radius 2 is 2.27 bits per heavy atom. The number of para-hydroxylation sites is 1. The molecule has 0 bridgehead atoms. The molecular formula is C11H15N3O. The van der Waals surface area contributed by atoms with Crippen LogP contribution < -0.4 is 15.5 Å². The molecule has 4 nitrogen and oxygen atoms in total. The normalized spacial score (nSPS) is 14.7. The summed E-state index contributed by atoms with van der Waals surface area (Å²) in [4.78, 5) is 13.7. The summed E-state index contributed by atoms with van der Waals surface area (Å²) in [6.45, 7) is 2.40. The van der Waals surface area contributed by atoms with Crippen molar-refractivity contribution in [1.29, 1.82) is 0 Å². The zero-order valence-electron chi connectivity index (χ0n) is 8.79. The van der Waals surface area contributed by atoms with Gasteiger partial charge in [-0.15, -0.1) is 0 Å². The average molecular weight is 205 g/mol. The third kappa shape index (κ3) is 1.94. The van der Waals surface area contributed by atoms with Crippen LogP contribution in [0.25, 0.3) is 0 Å². The molecular weight excluding hydrogens is 190 g/mol. The lowest BCUT2D eigenvalue weighted by Crippen LogP contribution is -2.45. The zero-order valence-corrected chi connectivity index (χ0v) is 8.79. The maximum Gasteiger partial charge on any atom is 0.254 e. The number of hydrogen-bond donors (Lipinski definition) is 2. The number of anilines is 1. The van der Waals surface area contributed by atoms with Crippen molar-refractivity contribution in [2.24, 2.45) is 0 Å². The fraction of sp³-hybridized carbons (Fsp3) is 0.364. The number of carbonyl (C=O) groups is 1. The summed E-state index contributed by atoms with van der Waals surface area (Å²) in [5.74, 6) is 0.0197. The van der Waals surface area contributed by atoms with Crippen LogP contribution in [0.3, 0.4) is 0 Å². The molecule has 0 spiro atoms. The molecule has 0 radical (unpaired) electrons. The van der Waals surface area contributed by atoms with Gasteiger partial charge in [0.2, 0.25) is 0 Å². The Kier molecular flexibility index (Phi) is 2.87. The lowest BCUT2D eigenvalue weighted by molar-refractivity contribution is 0.0947. The highest BCUT2D eigenvalue weighted by molar-refractivity contribution is 6.01. The lowest BCUT2D eigenvalue weighted by atomic mass is 10.1. The van der Waals surface area contributed by atoms with E-state index >= 15 is 0 Å². The average Bonchev–Trinajstić information content (AvgIpc) is 2.29. The predicted octanol–water partition coefficient (Wildman–Crippen LogP) is 0.413. The fourth-order valence-electron chi connectivity index (χ4n) is 1.74. The van der Waals surface area contributed by atoms with Gasteiger partial charge in [-0.2, -0.15) is 0 Å². The van der Waals surface area contributed by atoms with Crippen molar-refractivity contribution < 1.29 is 4.79 Å². The van der Waals surface area contributed by atoms with Crippen LogP contribution in [0.4, 0.5) is 5.69 Å². The van der Waals surface area contributed by atoms with Gasteiger partial charge < -0.3 is 15.5 Å². The second-order valence-electron chi connectivity index (χ2n) is 3.55. The van der Waals surface area contributed by atoms with Gasteiger partial charge in [0.05, 0.1) is 17.9 Å². The van der Waals surface area contributed by atoms with E-state index in [1.165, 1.54) is 0 Å². The molecule has 1 aromatic rings. The standard InChI is InChI=1S/C11H15N3O/c1-12-6-7-14-8-13-11(15)9-4-2-3-5-10(9)14/h2-5,12H,6-8H2,1H3,(H,13,15). The maximum absolute atomic E-state index is 11.6. The molecule has 80 valence electrons. The van der Waals surface area contributed by atoms with Crippen LogP contribution >= 0.6 is 0 Å². The second-order valence-corrected chi connectivity index (χ2v) is 3.55. The molecule has 0 unspecified atom stereocenters. The Balaban J connectivity index is 2.24. The summed E-state index contributed by atoms with van der Waals surface area (Å²) in [6.07, 6.45) is 0. The van der Waals surface area contributed by atoms with Crippen LogP contribution in [-0.4, -0.2) is 32.7 Å². The van der Waals surface area contributed by atoms with Crippen LogP contribution in [0.5, 0.6) is 0 Å². The predicted molar refractivity (Wildman–Crippen MR) is 60.0 cm³/mol. The van der Waals surface area contributed by atoms with Gasteiger partial charge in [0.25, 0.3) is 5.91 Å². The van der Waals surface area contributed by atoms with E-state index in [-0.39, 0.29) is 5.91 Å². The number of benzene rings is 1. The molecule has 0 fully saturated rings. The molecule has 0 saturated carbocycles. The molecule has 0 aliphatic carbocycles. The molecule has 0 atom stereocenters. The molecule has 4 heteroatoms. The Morgan fingerprint density at radius 1 is 1.47 bits per heavy atom. The number of fused-ring (bicyclic) bond motifs is 1. The molecule has 1 aliphatic rings. The summed E-state index contributed by atoms with van der Waals surface area (Å²) >= 11 is 0. The van der Waals surface area contributed by atoms with Crippen LogP contribution in [0.2, 0.25) is 0 Å². The van der Waals surface area contributed by atoms with Gasteiger partial charge in [0.15, 0.2) is 0 Å². The maximum atomic E-state index is 11.6. The van der Waals surface area contributed by atoms with Crippen LogP contribution in [-0.2, 0) is 0 Å². The summed E-state index contributed by atoms with van der Waals surface area (Å²) in [5, 5.41) is 5.96. The molecule has 0 saturated heterocycles. The highest BCUT2D eigenvalue weighted by atomic mass is 16.2. The van der Waals surface area contributed by atoms with Gasteiger partial charge in [-0.05, 0) is 19.2 Å². The van der Waals surface area contributed by atoms with Crippen LogP contribution in [0.1, 0.15) is 10.4 Å². The first-order valence-electron chi connectivity index (χ1n) is 5.09. The molecule has 15 heavy (non-hydrogen) atoms. The van der Waals surface area contributed by atoms with Gasteiger partial charge in [-0.3, -0.25) is 4.79 Å². The van der Waals surface area contributed by atoms with E-state index in [4.69, 9.17) is 0 Å². The van der Waals surface area contributed by atoms with Crippen molar-refractivity contribution in [2.75, 3.05) is 31.7 Å². The van der Waals surface area contributed by atoms with Gasteiger partial charge in [-0.1, -0.05) is 12.1 Å². The monoisotopic (exact) mass is 205 g/mol. The van der Waals surface area contributed by atoms with E-state index in [2.05, 4.69) is 15.5 Å². The van der Waals surface area contributed by atoms with E-state index in [0.29, 0.717) is 6.67 Å². The number of likely N-dealkylation sites (N-methyl/N-ethyl adjacent to an activating group) is 1. The number of hydrogen-bond acceptors (Lipinski definition) is 3. The minimum atomic E-state index is 0.0197. The minimum Gasteiger partial charge on any atom is -0.352 e. The van der Waals surface area contributed by atoms with Gasteiger partial charge >= 0.3 is 0 Å². The first-order chi connectivity index (χ1) is 7.33. The third-order valence-corrected chi connectivity index (χ3v) is 2.55. The third-order valence-electron chi connectivity index (χ3n) is 2.55. The first-order valence-corrected chi connectivity index (χ1v) is 5.09. The lowest BCUT2D eigenvalue weighted by Gasteiger charge is -2.31. The van der Waals surface area contributed by atoms with Crippen molar-refractivity contribution in [3.8, 4) is 0 Å². The van der Waals surface area contributed by atoms with Crippen molar-refractivity contribution >= 4 is 11.6 Å². The Bertz CT molecular complexity index is 365. The van der Waals surface area contributed by atoms with Crippen molar-refractivity contribution in [2.45, 2.75) is 0 Å². The molecule has 1 amide bonds. The number of nitrogens with one attached hydrogen (secondary N) is 2. The summed E-state index contributed by atoms with van der Waals surface area (Å²) in [6, 6.07) is 7.70. The van der Waals surface area contributed by atoms with Crippen molar-refractivity contribution in [3.63, 3.8) is 0 Å². The molecule has 1 aromatic carbocycles. The molecule has 2 N–H and O–H groups in total. The van der Waals surface area contributed by atoms with E-state index in [0.717, 1.165) is 24.3 Å². The zero-order chi connectivity index (χ0) is 10.7. The summed E-state index contributed by atoms with van der Waals surface area (Å²) < 4.78 is 0. The molecule has 1 aliphatic heterocycles. The number of carbonyl (C=O) groups excluding carboxylic acids is 1. The Hall–Kier alpha value is -1.55. The highest BCUT2D eigenvalue weighted by Gasteiger charge is 2.20. The van der Waals surface area contributed by atoms with Gasteiger partial charge in [-0.25, -0.2) is 0 Å². The van der Waals surface area contributed by atoms with Crippen molar-refractivity contribution in [3.05, 3.63) is 29.8 Å². The van der Waals surface area contributed by atoms with E-state index in [1.807, 2.05) is 31.3 Å². The number of rotatable bonds is 3. The van der Waals surface area contributed by atoms with Crippen LogP contribution in [0, 0.1) is 0 Å². The van der Waals surface area contributed by atoms with E-state index in [1.54, 1.807) is 0 Å². The fourth-order valence-corrected chi connectivity index (χ4v) is 1.74. The van der Waals surface area contributed by atoms with E-state index < -0.39 is 0 Å². The summed E-state index contributed by atoms with van der Waals surface area (Å²) in [7, 11) is 1.93. The Labute approximate surface area is 89.3 Å². The highest BCUT2D eigenvalue weighted by Crippen LogP contribution is 2.22. The molecule has 0 aromatic heterocycles. The second kappa shape index (κ2) is 4.31. The van der Waals surface area contributed by atoms with E-state index in [9.17, 15) is 4.79 Å². The quantitative estimate of drug-likeness (QED) is 0.751. The minimum absolute atomic E-state index is 0.0197.